The van der Waals surface area contributed by atoms with Crippen LogP contribution in [0.2, 0.25) is 0 Å². The highest BCUT2D eigenvalue weighted by Crippen LogP contribution is 2.18. The summed E-state index contributed by atoms with van der Waals surface area (Å²) in [4.78, 5) is 6.46. The maximum Gasteiger partial charge on any atom is 0.141 e. The van der Waals surface area contributed by atoms with Crippen molar-refractivity contribution < 1.29 is 0 Å². The lowest BCUT2D eigenvalue weighted by molar-refractivity contribution is 0.548. The topological polar surface area (TPSA) is 54.2 Å². The number of nitrogens with zero attached hydrogens (tertiary/aromatic N) is 2. The normalized spacial score (nSPS) is 12.2. The number of pyridine rings is 1. The lowest BCUT2D eigenvalue weighted by atomic mass is 10.1. The summed E-state index contributed by atoms with van der Waals surface area (Å²) < 4.78 is 0. The van der Waals surface area contributed by atoms with Gasteiger partial charge >= 0.3 is 0 Å². The van der Waals surface area contributed by atoms with Crippen LogP contribution in [-0.4, -0.2) is 18.1 Å². The number of hydrazine groups is 1. The van der Waals surface area contributed by atoms with E-state index in [4.69, 9.17) is 5.84 Å². The highest BCUT2D eigenvalue weighted by Gasteiger charge is 2.08. The van der Waals surface area contributed by atoms with Gasteiger partial charge in [0.15, 0.2) is 0 Å². The molecule has 0 amide bonds. The first kappa shape index (κ1) is 12.8. The number of nitrogen functional groups attached to an aromatic ring is 1. The standard InChI is InChI=1S/C12H22N4/c1-4-10(3)9-16(5-2)11-6-7-14-12(8-11)15-13/h6-8,10H,4-5,9,13H2,1-3H3,(H,14,15). The molecule has 0 fully saturated rings. The van der Waals surface area contributed by atoms with Crippen molar-refractivity contribution in [1.82, 2.24) is 4.98 Å². The summed E-state index contributed by atoms with van der Waals surface area (Å²) >= 11 is 0. The average molecular weight is 222 g/mol. The molecule has 0 saturated heterocycles. The lowest BCUT2D eigenvalue weighted by Gasteiger charge is -2.26. The van der Waals surface area contributed by atoms with E-state index < -0.39 is 0 Å². The van der Waals surface area contributed by atoms with Crippen LogP contribution in [0.25, 0.3) is 0 Å². The first-order valence-corrected chi connectivity index (χ1v) is 5.88. The molecule has 1 unspecified atom stereocenters. The molecule has 4 nitrogen and oxygen atoms in total. The smallest absolute Gasteiger partial charge is 0.141 e. The summed E-state index contributed by atoms with van der Waals surface area (Å²) in [6, 6.07) is 4.00. The molecule has 16 heavy (non-hydrogen) atoms. The molecule has 0 radical (unpaired) electrons. The zero-order valence-electron chi connectivity index (χ0n) is 10.4. The van der Waals surface area contributed by atoms with Gasteiger partial charge in [-0.05, 0) is 18.9 Å². The second-order valence-corrected chi connectivity index (χ2v) is 4.10. The Morgan fingerprint density at radius 2 is 2.25 bits per heavy atom. The minimum absolute atomic E-state index is 0.697. The number of nitrogens with two attached hydrogens (primary N) is 1. The lowest BCUT2D eigenvalue weighted by Crippen LogP contribution is -2.28. The van der Waals surface area contributed by atoms with Crippen LogP contribution in [0.5, 0.6) is 0 Å². The molecule has 0 aliphatic heterocycles. The van der Waals surface area contributed by atoms with Gasteiger partial charge in [-0.25, -0.2) is 10.8 Å². The fourth-order valence-corrected chi connectivity index (χ4v) is 1.62. The highest BCUT2D eigenvalue weighted by atomic mass is 15.2. The Kier molecular flexibility index (Phi) is 5.05. The van der Waals surface area contributed by atoms with Crippen molar-refractivity contribution in [2.45, 2.75) is 27.2 Å². The average Bonchev–Trinajstić information content (AvgIpc) is 2.35. The predicted molar refractivity (Wildman–Crippen MR) is 69.4 cm³/mol. The third-order valence-corrected chi connectivity index (χ3v) is 2.87. The predicted octanol–water partition coefficient (Wildman–Crippen LogP) is 2.24. The number of rotatable bonds is 6. The van der Waals surface area contributed by atoms with Gasteiger partial charge in [0.2, 0.25) is 0 Å². The fourth-order valence-electron chi connectivity index (χ4n) is 1.62. The van der Waals surface area contributed by atoms with Gasteiger partial charge in [-0.15, -0.1) is 0 Å². The molecule has 4 heteroatoms. The van der Waals surface area contributed by atoms with E-state index in [1.54, 1.807) is 6.20 Å². The number of hydrogen-bond donors (Lipinski definition) is 2. The number of nitrogens with one attached hydrogen (secondary N) is 1. The molecule has 1 atom stereocenters. The van der Waals surface area contributed by atoms with E-state index >= 15 is 0 Å². The van der Waals surface area contributed by atoms with E-state index in [1.165, 1.54) is 12.1 Å². The van der Waals surface area contributed by atoms with Crippen molar-refractivity contribution in [3.8, 4) is 0 Å². The van der Waals surface area contributed by atoms with Gasteiger partial charge in [-0.2, -0.15) is 0 Å². The van der Waals surface area contributed by atoms with E-state index in [1.807, 2.05) is 12.1 Å². The molecule has 1 aromatic heterocycles. The van der Waals surface area contributed by atoms with E-state index in [9.17, 15) is 0 Å². The van der Waals surface area contributed by atoms with E-state index in [-0.39, 0.29) is 0 Å². The van der Waals surface area contributed by atoms with Gasteiger partial charge in [-0.1, -0.05) is 20.3 Å². The Balaban J connectivity index is 2.77. The van der Waals surface area contributed by atoms with Gasteiger partial charge < -0.3 is 10.3 Å². The molecule has 1 aromatic rings. The molecule has 1 heterocycles. The molecule has 0 bridgehead atoms. The van der Waals surface area contributed by atoms with Crippen molar-refractivity contribution in [3.63, 3.8) is 0 Å². The molecule has 3 N–H and O–H groups in total. The van der Waals surface area contributed by atoms with Crippen molar-refractivity contribution in [2.24, 2.45) is 11.8 Å². The van der Waals surface area contributed by atoms with Crippen molar-refractivity contribution in [3.05, 3.63) is 18.3 Å². The van der Waals surface area contributed by atoms with Crippen LogP contribution in [0.3, 0.4) is 0 Å². The summed E-state index contributed by atoms with van der Waals surface area (Å²) in [5.74, 6) is 6.76. The summed E-state index contributed by atoms with van der Waals surface area (Å²) in [6.45, 7) is 8.72. The van der Waals surface area contributed by atoms with Crippen molar-refractivity contribution in [2.75, 3.05) is 23.4 Å². The maximum atomic E-state index is 5.36. The van der Waals surface area contributed by atoms with Crippen LogP contribution in [0.1, 0.15) is 27.2 Å². The first-order chi connectivity index (χ1) is 7.71. The summed E-state index contributed by atoms with van der Waals surface area (Å²) in [6.07, 6.45) is 2.98. The quantitative estimate of drug-likeness (QED) is 0.572. The van der Waals surface area contributed by atoms with Gasteiger partial charge in [0.05, 0.1) is 0 Å². The number of anilines is 2. The van der Waals surface area contributed by atoms with Gasteiger partial charge in [0.25, 0.3) is 0 Å². The molecule has 90 valence electrons. The van der Waals surface area contributed by atoms with E-state index in [0.29, 0.717) is 11.7 Å². The maximum absolute atomic E-state index is 5.36. The Morgan fingerprint density at radius 3 is 2.81 bits per heavy atom. The van der Waals surface area contributed by atoms with Crippen LogP contribution in [0, 0.1) is 5.92 Å². The van der Waals surface area contributed by atoms with E-state index in [2.05, 4.69) is 36.1 Å². The summed E-state index contributed by atoms with van der Waals surface area (Å²) in [7, 11) is 0. The van der Waals surface area contributed by atoms with E-state index in [0.717, 1.165) is 13.1 Å². The number of hydrogen-bond acceptors (Lipinski definition) is 4. The minimum Gasteiger partial charge on any atom is -0.371 e. The Bertz CT molecular complexity index is 314. The van der Waals surface area contributed by atoms with Crippen LogP contribution in [0.4, 0.5) is 11.5 Å². The third-order valence-electron chi connectivity index (χ3n) is 2.87. The Morgan fingerprint density at radius 1 is 1.50 bits per heavy atom. The molecule has 0 saturated carbocycles. The van der Waals surface area contributed by atoms with Crippen LogP contribution < -0.4 is 16.2 Å². The van der Waals surface area contributed by atoms with Gasteiger partial charge in [-0.3, -0.25) is 0 Å². The largest absolute Gasteiger partial charge is 0.371 e. The minimum atomic E-state index is 0.697. The summed E-state index contributed by atoms with van der Waals surface area (Å²) in [5.41, 5.74) is 3.75. The van der Waals surface area contributed by atoms with Crippen LogP contribution in [-0.2, 0) is 0 Å². The number of aromatic nitrogens is 1. The highest BCUT2D eigenvalue weighted by molar-refractivity contribution is 5.53. The zero-order chi connectivity index (χ0) is 12.0. The zero-order valence-corrected chi connectivity index (χ0v) is 10.4. The Hall–Kier alpha value is -1.29. The van der Waals surface area contributed by atoms with Gasteiger partial charge in [0, 0.05) is 31.0 Å². The molecule has 0 aromatic carbocycles. The van der Waals surface area contributed by atoms with Crippen molar-refractivity contribution in [1.29, 1.82) is 0 Å². The second-order valence-electron chi connectivity index (χ2n) is 4.10. The molecule has 0 aliphatic carbocycles. The van der Waals surface area contributed by atoms with Crippen LogP contribution in [0.15, 0.2) is 18.3 Å². The second kappa shape index (κ2) is 6.33. The van der Waals surface area contributed by atoms with Crippen molar-refractivity contribution >= 4 is 11.5 Å². The first-order valence-electron chi connectivity index (χ1n) is 5.88. The fraction of sp³-hybridized carbons (Fsp3) is 0.583. The summed E-state index contributed by atoms with van der Waals surface area (Å²) in [5, 5.41) is 0. The molecule has 0 spiro atoms. The Labute approximate surface area is 97.8 Å². The molecule has 1 rings (SSSR count). The molecular formula is C12H22N4. The third kappa shape index (κ3) is 3.38. The SMILES string of the molecule is CCC(C)CN(CC)c1ccnc(NN)c1. The molecular weight excluding hydrogens is 200 g/mol. The monoisotopic (exact) mass is 222 g/mol. The molecule has 0 aliphatic rings. The van der Waals surface area contributed by atoms with Crippen LogP contribution >= 0.6 is 0 Å². The van der Waals surface area contributed by atoms with Gasteiger partial charge in [0.1, 0.15) is 5.82 Å².